The lowest BCUT2D eigenvalue weighted by Gasteiger charge is -2.03. The molecule has 0 spiro atoms. The summed E-state index contributed by atoms with van der Waals surface area (Å²) in [5, 5.41) is 10.3. The zero-order valence-corrected chi connectivity index (χ0v) is 9.31. The number of nitrogens with zero attached hydrogens (tertiary/aromatic N) is 5. The molecule has 0 amide bonds. The van der Waals surface area contributed by atoms with E-state index in [-0.39, 0.29) is 5.28 Å². The van der Waals surface area contributed by atoms with Crippen molar-refractivity contribution < 1.29 is 0 Å². The minimum atomic E-state index is 0.111. The SMILES string of the molecule is Cc1cnc(CNc2cnnc(Cl)n2)cn1. The molecule has 0 saturated heterocycles. The van der Waals surface area contributed by atoms with E-state index in [9.17, 15) is 0 Å². The van der Waals surface area contributed by atoms with Gasteiger partial charge in [0.25, 0.3) is 0 Å². The Balaban J connectivity index is 1.99. The standard InChI is InChI=1S/C9H9ClN6/c1-6-2-12-7(3-11-6)4-13-8-5-14-16-9(10)15-8/h2-3,5H,4H2,1H3,(H,13,15,16). The van der Waals surface area contributed by atoms with Crippen LogP contribution in [0.5, 0.6) is 0 Å². The molecule has 0 aromatic carbocycles. The maximum atomic E-state index is 5.59. The van der Waals surface area contributed by atoms with Gasteiger partial charge in [-0.05, 0) is 18.5 Å². The lowest BCUT2D eigenvalue weighted by Crippen LogP contribution is -2.05. The van der Waals surface area contributed by atoms with Gasteiger partial charge in [-0.3, -0.25) is 9.97 Å². The van der Waals surface area contributed by atoms with E-state index < -0.39 is 0 Å². The third-order valence-corrected chi connectivity index (χ3v) is 1.98. The molecular formula is C9H9ClN6. The monoisotopic (exact) mass is 236 g/mol. The number of hydrogen-bond donors (Lipinski definition) is 1. The molecule has 0 aliphatic rings. The predicted molar refractivity (Wildman–Crippen MR) is 58.9 cm³/mol. The Kier molecular flexibility index (Phi) is 3.21. The van der Waals surface area contributed by atoms with Gasteiger partial charge in [0, 0.05) is 6.20 Å². The number of aromatic nitrogens is 5. The van der Waals surface area contributed by atoms with Crippen molar-refractivity contribution in [2.45, 2.75) is 13.5 Å². The van der Waals surface area contributed by atoms with Crippen molar-refractivity contribution in [3.63, 3.8) is 0 Å². The molecule has 0 saturated carbocycles. The fourth-order valence-electron chi connectivity index (χ4n) is 1.06. The summed E-state index contributed by atoms with van der Waals surface area (Å²) in [7, 11) is 0. The molecule has 0 radical (unpaired) electrons. The highest BCUT2D eigenvalue weighted by Gasteiger charge is 1.99. The van der Waals surface area contributed by atoms with Crippen LogP contribution in [0.1, 0.15) is 11.4 Å². The lowest BCUT2D eigenvalue weighted by atomic mass is 10.4. The summed E-state index contributed by atoms with van der Waals surface area (Å²) >= 11 is 5.59. The summed E-state index contributed by atoms with van der Waals surface area (Å²) in [5.74, 6) is 0.558. The average molecular weight is 237 g/mol. The third-order valence-electron chi connectivity index (χ3n) is 1.82. The molecule has 2 aromatic rings. The van der Waals surface area contributed by atoms with Gasteiger partial charge in [0.15, 0.2) is 0 Å². The highest BCUT2D eigenvalue weighted by molar-refractivity contribution is 6.28. The Morgan fingerprint density at radius 1 is 1.25 bits per heavy atom. The van der Waals surface area contributed by atoms with E-state index in [2.05, 4.69) is 30.5 Å². The van der Waals surface area contributed by atoms with Crippen LogP contribution >= 0.6 is 11.6 Å². The highest BCUT2D eigenvalue weighted by Crippen LogP contribution is 2.05. The van der Waals surface area contributed by atoms with Crippen LogP contribution in [0.3, 0.4) is 0 Å². The maximum Gasteiger partial charge on any atom is 0.244 e. The molecule has 7 heteroatoms. The number of rotatable bonds is 3. The Hall–Kier alpha value is -1.82. The summed E-state index contributed by atoms with van der Waals surface area (Å²) in [4.78, 5) is 12.3. The van der Waals surface area contributed by atoms with Gasteiger partial charge in [-0.1, -0.05) is 0 Å². The third kappa shape index (κ3) is 2.83. The molecule has 0 bridgehead atoms. The minimum Gasteiger partial charge on any atom is -0.363 e. The molecule has 6 nitrogen and oxygen atoms in total. The van der Waals surface area contributed by atoms with E-state index in [0.717, 1.165) is 11.4 Å². The second kappa shape index (κ2) is 4.80. The summed E-state index contributed by atoms with van der Waals surface area (Å²) in [5.41, 5.74) is 1.70. The van der Waals surface area contributed by atoms with E-state index in [4.69, 9.17) is 11.6 Å². The van der Waals surface area contributed by atoms with Crippen LogP contribution in [0.25, 0.3) is 0 Å². The molecule has 0 aliphatic heterocycles. The van der Waals surface area contributed by atoms with E-state index >= 15 is 0 Å². The molecule has 0 aliphatic carbocycles. The fraction of sp³-hybridized carbons (Fsp3) is 0.222. The second-order valence-corrected chi connectivity index (χ2v) is 3.45. The van der Waals surface area contributed by atoms with Crippen molar-refractivity contribution in [2.75, 3.05) is 5.32 Å². The highest BCUT2D eigenvalue weighted by atomic mass is 35.5. The van der Waals surface area contributed by atoms with Crippen LogP contribution in [0.4, 0.5) is 5.82 Å². The van der Waals surface area contributed by atoms with Gasteiger partial charge in [-0.25, -0.2) is 0 Å². The zero-order chi connectivity index (χ0) is 11.4. The van der Waals surface area contributed by atoms with E-state index in [1.165, 1.54) is 6.20 Å². The largest absolute Gasteiger partial charge is 0.363 e. The molecular weight excluding hydrogens is 228 g/mol. The van der Waals surface area contributed by atoms with E-state index in [1.54, 1.807) is 12.4 Å². The topological polar surface area (TPSA) is 76.5 Å². The average Bonchev–Trinajstić information content (AvgIpc) is 2.28. The summed E-state index contributed by atoms with van der Waals surface area (Å²) in [6.07, 6.45) is 4.91. The van der Waals surface area contributed by atoms with Crippen molar-refractivity contribution in [3.05, 3.63) is 35.3 Å². The number of hydrogen-bond acceptors (Lipinski definition) is 6. The van der Waals surface area contributed by atoms with Gasteiger partial charge >= 0.3 is 0 Å². The second-order valence-electron chi connectivity index (χ2n) is 3.11. The van der Waals surface area contributed by atoms with Crippen LogP contribution in [0.15, 0.2) is 18.6 Å². The number of anilines is 1. The Labute approximate surface area is 97.1 Å². The van der Waals surface area contributed by atoms with Crippen molar-refractivity contribution in [1.29, 1.82) is 0 Å². The predicted octanol–water partition coefficient (Wildman–Crippen LogP) is 1.24. The van der Waals surface area contributed by atoms with Crippen LogP contribution in [0.2, 0.25) is 5.28 Å². The lowest BCUT2D eigenvalue weighted by molar-refractivity contribution is 0.937. The molecule has 82 valence electrons. The molecule has 0 atom stereocenters. The summed E-state index contributed by atoms with van der Waals surface area (Å²) < 4.78 is 0. The number of nitrogens with one attached hydrogen (secondary N) is 1. The first kappa shape index (κ1) is 10.7. The molecule has 2 aromatic heterocycles. The van der Waals surface area contributed by atoms with Crippen LogP contribution in [0, 0.1) is 6.92 Å². The van der Waals surface area contributed by atoms with Crippen molar-refractivity contribution >= 4 is 17.4 Å². The quantitative estimate of drug-likeness (QED) is 0.864. The van der Waals surface area contributed by atoms with Gasteiger partial charge < -0.3 is 5.32 Å². The first-order valence-corrected chi connectivity index (χ1v) is 4.98. The summed E-state index contributed by atoms with van der Waals surface area (Å²) in [6, 6.07) is 0. The molecule has 2 heterocycles. The van der Waals surface area contributed by atoms with E-state index in [1.807, 2.05) is 6.92 Å². The molecule has 0 unspecified atom stereocenters. The van der Waals surface area contributed by atoms with Gasteiger partial charge in [-0.2, -0.15) is 10.1 Å². The molecule has 0 fully saturated rings. The zero-order valence-electron chi connectivity index (χ0n) is 8.55. The minimum absolute atomic E-state index is 0.111. The number of aryl methyl sites for hydroxylation is 1. The summed E-state index contributed by atoms with van der Waals surface area (Å²) in [6.45, 7) is 2.40. The van der Waals surface area contributed by atoms with Crippen LogP contribution < -0.4 is 5.32 Å². The van der Waals surface area contributed by atoms with Crippen LogP contribution in [-0.4, -0.2) is 25.1 Å². The fourth-order valence-corrected chi connectivity index (χ4v) is 1.19. The van der Waals surface area contributed by atoms with Crippen LogP contribution in [-0.2, 0) is 6.54 Å². The molecule has 2 rings (SSSR count). The Morgan fingerprint density at radius 2 is 2.12 bits per heavy atom. The molecule has 1 N–H and O–H groups in total. The van der Waals surface area contributed by atoms with Gasteiger partial charge in [0.2, 0.25) is 5.28 Å². The normalized spacial score (nSPS) is 10.1. The van der Waals surface area contributed by atoms with Gasteiger partial charge in [-0.15, -0.1) is 5.10 Å². The van der Waals surface area contributed by atoms with Crippen molar-refractivity contribution in [3.8, 4) is 0 Å². The Bertz CT molecular complexity index is 472. The Morgan fingerprint density at radius 3 is 2.81 bits per heavy atom. The number of halogens is 1. The van der Waals surface area contributed by atoms with Crippen molar-refractivity contribution in [1.82, 2.24) is 25.1 Å². The molecule has 16 heavy (non-hydrogen) atoms. The first-order chi connectivity index (χ1) is 7.74. The van der Waals surface area contributed by atoms with Gasteiger partial charge in [0.1, 0.15) is 5.82 Å². The maximum absolute atomic E-state index is 5.59. The van der Waals surface area contributed by atoms with Crippen molar-refractivity contribution in [2.24, 2.45) is 0 Å². The van der Waals surface area contributed by atoms with Gasteiger partial charge in [0.05, 0.1) is 30.3 Å². The first-order valence-electron chi connectivity index (χ1n) is 4.60. The smallest absolute Gasteiger partial charge is 0.244 e. The van der Waals surface area contributed by atoms with E-state index in [0.29, 0.717) is 12.4 Å².